The van der Waals surface area contributed by atoms with E-state index < -0.39 is 5.60 Å². The van der Waals surface area contributed by atoms with Crippen molar-refractivity contribution in [3.63, 3.8) is 0 Å². The zero-order chi connectivity index (χ0) is 19.5. The summed E-state index contributed by atoms with van der Waals surface area (Å²) in [4.78, 5) is 12.9. The molecule has 4 atom stereocenters. The minimum Gasteiger partial charge on any atom is -0.461 e. The first-order valence-corrected chi connectivity index (χ1v) is 11.0. The quantitative estimate of drug-likeness (QED) is 0.571. The maximum Gasteiger partial charge on any atom is 0.339 e. The Morgan fingerprint density at radius 3 is 2.96 bits per heavy atom. The minimum absolute atomic E-state index is 0.122. The molecule has 1 saturated carbocycles. The summed E-state index contributed by atoms with van der Waals surface area (Å²) in [6.07, 6.45) is 17.0. The molecule has 0 amide bonds. The van der Waals surface area contributed by atoms with Gasteiger partial charge in [-0.25, -0.2) is 4.79 Å². The van der Waals surface area contributed by atoms with E-state index in [4.69, 9.17) is 9.47 Å². The number of rotatable bonds is 4. The van der Waals surface area contributed by atoms with Crippen molar-refractivity contribution in [2.45, 2.75) is 70.8 Å². The molecule has 0 N–H and O–H groups in total. The molecule has 0 radical (unpaired) electrons. The molecule has 2 fully saturated rings. The van der Waals surface area contributed by atoms with Crippen LogP contribution < -0.4 is 0 Å². The zero-order valence-electron chi connectivity index (χ0n) is 17.1. The largest absolute Gasteiger partial charge is 0.461 e. The fourth-order valence-electron chi connectivity index (χ4n) is 6.68. The highest BCUT2D eigenvalue weighted by Crippen LogP contribution is 2.71. The van der Waals surface area contributed by atoms with E-state index in [2.05, 4.69) is 38.7 Å². The Labute approximate surface area is 167 Å². The van der Waals surface area contributed by atoms with Crippen LogP contribution in [-0.4, -0.2) is 11.6 Å². The van der Waals surface area contributed by atoms with Gasteiger partial charge in [0.25, 0.3) is 0 Å². The van der Waals surface area contributed by atoms with E-state index in [1.165, 1.54) is 11.1 Å². The first kappa shape index (κ1) is 18.0. The second-order valence-corrected chi connectivity index (χ2v) is 8.94. The van der Waals surface area contributed by atoms with Crippen LogP contribution in [0.4, 0.5) is 0 Å². The van der Waals surface area contributed by atoms with Crippen LogP contribution in [-0.2, 0) is 14.3 Å². The minimum atomic E-state index is -0.492. The van der Waals surface area contributed by atoms with Gasteiger partial charge in [-0.2, -0.15) is 0 Å². The average Bonchev–Trinajstić information content (AvgIpc) is 3.16. The van der Waals surface area contributed by atoms with E-state index in [9.17, 15) is 4.79 Å². The maximum atomic E-state index is 12.9. The van der Waals surface area contributed by atoms with Crippen LogP contribution in [0.15, 0.2) is 59.1 Å². The monoisotopic (exact) mass is 378 g/mol. The van der Waals surface area contributed by atoms with Gasteiger partial charge in [-0.15, -0.1) is 0 Å². The Morgan fingerprint density at radius 2 is 2.18 bits per heavy atom. The van der Waals surface area contributed by atoms with Crippen molar-refractivity contribution in [2.24, 2.45) is 17.3 Å². The molecule has 3 nitrogen and oxygen atoms in total. The molecule has 28 heavy (non-hydrogen) atoms. The SMILES string of the molecule is C=C1O/C(=C\CCC)[C@]23CC[C@H](C=C12)C1(OC(=O)C2=C1CCC=C2)[C@@H]3CCC. The van der Waals surface area contributed by atoms with Crippen molar-refractivity contribution >= 4 is 5.97 Å². The van der Waals surface area contributed by atoms with Gasteiger partial charge in [0.15, 0.2) is 0 Å². The van der Waals surface area contributed by atoms with Crippen LogP contribution in [0.25, 0.3) is 0 Å². The summed E-state index contributed by atoms with van der Waals surface area (Å²) >= 11 is 0. The summed E-state index contributed by atoms with van der Waals surface area (Å²) in [5.74, 6) is 2.22. The topological polar surface area (TPSA) is 35.5 Å². The lowest BCUT2D eigenvalue weighted by molar-refractivity contribution is -0.170. The van der Waals surface area contributed by atoms with Crippen molar-refractivity contribution < 1.29 is 14.3 Å². The number of ether oxygens (including phenoxy) is 2. The third-order valence-electron chi connectivity index (χ3n) is 7.65. The van der Waals surface area contributed by atoms with E-state index >= 15 is 0 Å². The predicted molar refractivity (Wildman–Crippen MR) is 109 cm³/mol. The van der Waals surface area contributed by atoms with E-state index in [1.807, 2.05) is 6.08 Å². The Balaban J connectivity index is 1.74. The summed E-state index contributed by atoms with van der Waals surface area (Å²) in [6, 6.07) is 0. The molecule has 2 heterocycles. The molecule has 6 aliphatic rings. The first-order chi connectivity index (χ1) is 13.6. The third-order valence-corrected chi connectivity index (χ3v) is 7.65. The summed E-state index contributed by atoms with van der Waals surface area (Å²) in [7, 11) is 0. The second-order valence-electron chi connectivity index (χ2n) is 8.94. The van der Waals surface area contributed by atoms with E-state index in [0.717, 1.165) is 68.5 Å². The Morgan fingerprint density at radius 1 is 1.32 bits per heavy atom. The molecule has 4 aliphatic carbocycles. The molecule has 3 heteroatoms. The number of unbranched alkanes of at least 4 members (excludes halogenated alkanes) is 1. The smallest absolute Gasteiger partial charge is 0.339 e. The number of carbonyl (C=O) groups excluding carboxylic acids is 1. The standard InChI is InChI=1S/C25H30O3/c1-4-6-12-22-24-14-13-17(15-20(24)16(3)27-22)25(21(24)9-5-2)19-11-8-7-10-18(19)23(26)28-25/h7,10,12,15,17,21H,3-6,8-9,11,13-14H2,1-2H3/b22-12-/t17-,21-,24-,25?/m1/s1. The number of esters is 1. The highest BCUT2D eigenvalue weighted by molar-refractivity contribution is 5.96. The Kier molecular flexibility index (Phi) is 4.01. The molecule has 0 aromatic rings. The average molecular weight is 379 g/mol. The van der Waals surface area contributed by atoms with Gasteiger partial charge >= 0.3 is 5.97 Å². The van der Waals surface area contributed by atoms with E-state index in [1.54, 1.807) is 0 Å². The van der Waals surface area contributed by atoms with Crippen LogP contribution >= 0.6 is 0 Å². The predicted octanol–water partition coefficient (Wildman–Crippen LogP) is 5.91. The third kappa shape index (κ3) is 2.03. The van der Waals surface area contributed by atoms with E-state index in [0.29, 0.717) is 0 Å². The molecule has 2 spiro atoms. The summed E-state index contributed by atoms with van der Waals surface area (Å²) in [6.45, 7) is 8.69. The van der Waals surface area contributed by atoms with Crippen LogP contribution in [0.3, 0.4) is 0 Å². The van der Waals surface area contributed by atoms with Gasteiger partial charge in [-0.3, -0.25) is 0 Å². The van der Waals surface area contributed by atoms with Gasteiger partial charge in [0.2, 0.25) is 0 Å². The lowest BCUT2D eigenvalue weighted by atomic mass is 9.46. The molecular formula is C25H30O3. The number of hydrogen-bond donors (Lipinski definition) is 0. The van der Waals surface area contributed by atoms with Gasteiger partial charge in [0.1, 0.15) is 17.1 Å². The number of carbonyl (C=O) groups is 1. The normalized spacial score (nSPS) is 39.4. The van der Waals surface area contributed by atoms with Crippen molar-refractivity contribution in [3.05, 3.63) is 59.1 Å². The summed E-state index contributed by atoms with van der Waals surface area (Å²) in [5, 5.41) is 0. The molecule has 1 unspecified atom stereocenters. The van der Waals surface area contributed by atoms with Crippen LogP contribution in [0, 0.1) is 17.3 Å². The van der Waals surface area contributed by atoms with Gasteiger partial charge in [-0.1, -0.05) is 51.5 Å². The van der Waals surface area contributed by atoms with Gasteiger partial charge in [0, 0.05) is 17.4 Å². The number of allylic oxidation sites excluding steroid dienone is 4. The van der Waals surface area contributed by atoms with Gasteiger partial charge < -0.3 is 9.47 Å². The van der Waals surface area contributed by atoms with Crippen molar-refractivity contribution in [1.29, 1.82) is 0 Å². The maximum absolute atomic E-state index is 12.9. The lowest BCUT2D eigenvalue weighted by Gasteiger charge is -2.58. The highest BCUT2D eigenvalue weighted by Gasteiger charge is 2.70. The molecule has 6 rings (SSSR count). The fourth-order valence-corrected chi connectivity index (χ4v) is 6.68. The second kappa shape index (κ2) is 6.23. The molecule has 2 bridgehead atoms. The highest BCUT2D eigenvalue weighted by atomic mass is 16.6. The van der Waals surface area contributed by atoms with Crippen LogP contribution in [0.2, 0.25) is 0 Å². The van der Waals surface area contributed by atoms with Crippen molar-refractivity contribution in [3.8, 4) is 0 Å². The van der Waals surface area contributed by atoms with Crippen LogP contribution in [0.5, 0.6) is 0 Å². The van der Waals surface area contributed by atoms with Crippen molar-refractivity contribution in [2.75, 3.05) is 0 Å². The van der Waals surface area contributed by atoms with Crippen molar-refractivity contribution in [1.82, 2.24) is 0 Å². The molecule has 0 aromatic heterocycles. The van der Waals surface area contributed by atoms with Gasteiger partial charge in [-0.05, 0) is 50.2 Å². The van der Waals surface area contributed by atoms with Crippen LogP contribution in [0.1, 0.15) is 65.2 Å². The fraction of sp³-hybridized carbons (Fsp3) is 0.560. The Hall–Kier alpha value is -2.03. The van der Waals surface area contributed by atoms with Gasteiger partial charge in [0.05, 0.1) is 11.0 Å². The Bertz CT molecular complexity index is 870. The first-order valence-electron chi connectivity index (χ1n) is 11.0. The molecule has 148 valence electrons. The molecule has 2 aliphatic heterocycles. The van der Waals surface area contributed by atoms with E-state index in [-0.39, 0.29) is 23.2 Å². The zero-order valence-corrected chi connectivity index (χ0v) is 17.1. The molecular weight excluding hydrogens is 348 g/mol. The lowest BCUT2D eigenvalue weighted by Crippen LogP contribution is -2.60. The molecule has 1 saturated heterocycles. The number of fused-ring (bicyclic) bond motifs is 1. The number of hydrogen-bond acceptors (Lipinski definition) is 3. The molecule has 0 aromatic carbocycles. The summed E-state index contributed by atoms with van der Waals surface area (Å²) in [5.41, 5.74) is 2.68. The summed E-state index contributed by atoms with van der Waals surface area (Å²) < 4.78 is 12.7.